The van der Waals surface area contributed by atoms with Gasteiger partial charge in [-0.3, -0.25) is 0 Å². The van der Waals surface area contributed by atoms with Crippen LogP contribution >= 0.6 is 11.3 Å². The number of hydrogen-bond acceptors (Lipinski definition) is 12. The molecule has 0 spiro atoms. The van der Waals surface area contributed by atoms with Crippen molar-refractivity contribution >= 4 is 11.3 Å². The fourth-order valence-corrected chi connectivity index (χ4v) is 15.8. The van der Waals surface area contributed by atoms with Crippen molar-refractivity contribution in [2.75, 3.05) is 39.6 Å². The quantitative estimate of drug-likeness (QED) is 0.0339. The summed E-state index contributed by atoms with van der Waals surface area (Å²) in [7, 11) is 0. The zero-order valence-electron chi connectivity index (χ0n) is 82.9. The van der Waals surface area contributed by atoms with Gasteiger partial charge in [-0.1, -0.05) is 446 Å². The number of ether oxygens (including phenoxy) is 6. The van der Waals surface area contributed by atoms with E-state index < -0.39 is 0 Å². The zero-order chi connectivity index (χ0) is 88.9. The standard InChI is InChI=1S/C23H42O2.C19H34O2.C19H34OS.C18H32O2.C17H30O2.C15H26O2/c1-3-4-5-6-7-8-9-10-11-12-13-14-15-16-17-18-21-24-23-20-19-22(2)25-23;2*1-3-4-5-6-7-8-9-10-11-12-13-14-17-20-19-16-15-18(2)21-19;1-3-4-5-6-7-8-9-10-11-12-13-16-19-18-15-14-17(2)20-18;1-3-4-5-6-7-8-9-10-11-12-15-18-17-14-13-16(2)19-17;1-3-4-5-6-7-8-9-10-13-16-15-12-11-14(2)17-15/h19-20H,3-18,21H2,1-2H3;2*15-16H,3-14,17H2,1-2H3;14-15H,3-13,16H2,1-2H3;13-14H,3-12,15H2,1-2H3;11-12H,3-10,13H2,1-2H3. The van der Waals surface area contributed by atoms with Crippen molar-refractivity contribution in [3.05, 3.63) is 106 Å². The minimum absolute atomic E-state index is 0.658. The summed E-state index contributed by atoms with van der Waals surface area (Å²) in [5, 5.41) is 1.08. The lowest BCUT2D eigenvalue weighted by Gasteiger charge is -2.04. The molecule has 0 radical (unpaired) electrons. The van der Waals surface area contributed by atoms with E-state index >= 15 is 0 Å². The summed E-state index contributed by atoms with van der Waals surface area (Å²) < 4.78 is 60.3. The van der Waals surface area contributed by atoms with E-state index in [2.05, 4.69) is 60.6 Å². The van der Waals surface area contributed by atoms with E-state index in [1.807, 2.05) is 95.3 Å². The number of thiophene rings is 1. The molecule has 6 aromatic heterocycles. The molecule has 0 bridgehead atoms. The summed E-state index contributed by atoms with van der Waals surface area (Å²) in [4.78, 5) is 1.33. The van der Waals surface area contributed by atoms with Gasteiger partial charge in [-0.05, 0) is 123 Å². The van der Waals surface area contributed by atoms with Gasteiger partial charge in [-0.15, -0.1) is 11.3 Å². The topological polar surface area (TPSA) is 121 Å². The second-order valence-electron chi connectivity index (χ2n) is 35.6. The highest BCUT2D eigenvalue weighted by Gasteiger charge is 2.07. The lowest BCUT2D eigenvalue weighted by atomic mass is 10.0. The Morgan fingerprint density at radius 1 is 0.163 bits per heavy atom. The third-order valence-electron chi connectivity index (χ3n) is 23.0. The summed E-state index contributed by atoms with van der Waals surface area (Å²) >= 11 is 1.75. The largest absolute Gasteiger partial charge is 0.484 e. The first-order valence-electron chi connectivity index (χ1n) is 52.6. The maximum Gasteiger partial charge on any atom is 0.284 e. The Morgan fingerprint density at radius 3 is 0.423 bits per heavy atom. The molecular formula is C111H198O11S. The SMILES string of the molecule is CCCCCCCCCCCCCCCCCCOc1ccc(C)o1.CCCCCCCCCCCCCCOc1ccc(C)o1.CCCCCCCCCCCCCCOc1ccc(C)s1.CCCCCCCCCCCCCOc1ccc(C)o1.CCCCCCCCCCCCOc1ccc(C)o1.CCCCCCCCCCOc1ccc(C)o1. The van der Waals surface area contributed by atoms with Gasteiger partial charge in [-0.2, -0.15) is 0 Å². The molecular weight excluding hydrogens is 1540 g/mol. The first kappa shape index (κ1) is 116. The van der Waals surface area contributed by atoms with E-state index in [-0.39, 0.29) is 0 Å². The Hall–Kier alpha value is -5.10. The molecule has 6 heterocycles. The first-order chi connectivity index (χ1) is 60.5. The van der Waals surface area contributed by atoms with Crippen molar-refractivity contribution in [1.82, 2.24) is 0 Å². The van der Waals surface area contributed by atoms with Gasteiger partial charge in [0.1, 0.15) is 28.8 Å². The third-order valence-corrected chi connectivity index (χ3v) is 23.9. The van der Waals surface area contributed by atoms with Crippen LogP contribution in [0.25, 0.3) is 0 Å². The van der Waals surface area contributed by atoms with Gasteiger partial charge in [0.2, 0.25) is 0 Å². The Kier molecular flexibility index (Phi) is 87.7. The van der Waals surface area contributed by atoms with Gasteiger partial charge in [0, 0.05) is 35.2 Å². The number of furan rings is 5. The summed E-state index contributed by atoms with van der Waals surface area (Å²) in [5.41, 5.74) is 0. The van der Waals surface area contributed by atoms with E-state index in [9.17, 15) is 0 Å². The predicted molar refractivity (Wildman–Crippen MR) is 532 cm³/mol. The normalized spacial score (nSPS) is 10.9. The van der Waals surface area contributed by atoms with Crippen molar-refractivity contribution in [2.45, 2.75) is 526 Å². The smallest absolute Gasteiger partial charge is 0.284 e. The predicted octanol–water partition coefficient (Wildman–Crippen LogP) is 39.3. The minimum Gasteiger partial charge on any atom is -0.484 e. The van der Waals surface area contributed by atoms with Crippen LogP contribution in [0, 0.1) is 41.5 Å². The van der Waals surface area contributed by atoms with Crippen LogP contribution in [0.2, 0.25) is 0 Å². The summed E-state index contributed by atoms with van der Waals surface area (Å²) in [6.45, 7) is 30.3. The number of aryl methyl sites for hydroxylation is 6. The molecule has 0 N–H and O–H groups in total. The molecule has 123 heavy (non-hydrogen) atoms. The highest BCUT2D eigenvalue weighted by molar-refractivity contribution is 7.13. The van der Waals surface area contributed by atoms with Crippen molar-refractivity contribution < 1.29 is 50.5 Å². The monoisotopic (exact) mass is 1740 g/mol. The van der Waals surface area contributed by atoms with Gasteiger partial charge in [0.25, 0.3) is 29.7 Å². The van der Waals surface area contributed by atoms with Crippen LogP contribution in [0.15, 0.2) is 94.9 Å². The molecule has 0 saturated heterocycles. The fraction of sp³-hybridized carbons (Fsp3) is 0.784. The zero-order valence-corrected chi connectivity index (χ0v) is 83.7. The Balaban J connectivity index is 0.000000741. The van der Waals surface area contributed by atoms with Gasteiger partial charge in [-0.25, -0.2) is 0 Å². The highest BCUT2D eigenvalue weighted by Crippen LogP contribution is 2.26. The molecule has 6 rings (SSSR count). The van der Waals surface area contributed by atoms with Crippen LogP contribution in [-0.4, -0.2) is 39.6 Å². The average molecular weight is 1740 g/mol. The van der Waals surface area contributed by atoms with Gasteiger partial charge in [0.05, 0.1) is 39.6 Å². The van der Waals surface area contributed by atoms with Crippen LogP contribution in [-0.2, 0) is 0 Å². The fourth-order valence-electron chi connectivity index (χ4n) is 15.1. The minimum atomic E-state index is 0.658. The lowest BCUT2D eigenvalue weighted by molar-refractivity contribution is 0.232. The van der Waals surface area contributed by atoms with Crippen molar-refractivity contribution in [2.24, 2.45) is 0 Å². The second-order valence-corrected chi connectivity index (χ2v) is 36.8. The maximum atomic E-state index is 5.74. The maximum absolute atomic E-state index is 5.74. The van der Waals surface area contributed by atoms with Crippen LogP contribution in [0.4, 0.5) is 0 Å². The van der Waals surface area contributed by atoms with Gasteiger partial charge in [0.15, 0.2) is 5.06 Å². The van der Waals surface area contributed by atoms with Crippen LogP contribution in [0.5, 0.6) is 34.8 Å². The van der Waals surface area contributed by atoms with E-state index in [1.54, 1.807) is 11.3 Å². The van der Waals surface area contributed by atoms with Crippen LogP contribution in [0.3, 0.4) is 0 Å². The molecule has 0 aliphatic carbocycles. The molecule has 0 saturated carbocycles. The highest BCUT2D eigenvalue weighted by atomic mass is 32.1. The Labute approximate surface area is 764 Å². The van der Waals surface area contributed by atoms with E-state index in [0.29, 0.717) is 29.7 Å². The number of hydrogen-bond donors (Lipinski definition) is 0. The molecule has 0 aliphatic rings. The van der Waals surface area contributed by atoms with Crippen molar-refractivity contribution in [3.63, 3.8) is 0 Å². The molecule has 714 valence electrons. The van der Waals surface area contributed by atoms with E-state index in [1.165, 1.54) is 416 Å². The first-order valence-corrected chi connectivity index (χ1v) is 53.4. The molecule has 12 heteroatoms. The number of rotatable bonds is 81. The van der Waals surface area contributed by atoms with Gasteiger partial charge < -0.3 is 50.5 Å². The molecule has 0 amide bonds. The summed E-state index contributed by atoms with van der Waals surface area (Å²) in [6.07, 6.45) is 94.9. The molecule has 0 aromatic carbocycles. The second kappa shape index (κ2) is 93.1. The van der Waals surface area contributed by atoms with Crippen LogP contribution < -0.4 is 28.4 Å². The third kappa shape index (κ3) is 83.6. The molecule has 11 nitrogen and oxygen atoms in total. The molecule has 0 aliphatic heterocycles. The molecule has 0 unspecified atom stereocenters. The average Bonchev–Trinajstić information content (AvgIpc) is 1.84. The van der Waals surface area contributed by atoms with Crippen molar-refractivity contribution in [3.8, 4) is 34.8 Å². The summed E-state index contributed by atoms with van der Waals surface area (Å²) in [5.74, 6) is 7.89. The van der Waals surface area contributed by atoms with Crippen molar-refractivity contribution in [1.29, 1.82) is 0 Å². The van der Waals surface area contributed by atoms with E-state index in [4.69, 9.17) is 50.5 Å². The molecule has 0 fully saturated rings. The number of unbranched alkanes of at least 4 members (excludes halogenated alkanes) is 63. The Bertz CT molecular complexity index is 2890. The van der Waals surface area contributed by atoms with Crippen LogP contribution in [0.1, 0.15) is 518 Å². The lowest BCUT2D eigenvalue weighted by Crippen LogP contribution is -1.96. The molecule has 6 aromatic rings. The molecule has 0 atom stereocenters. The van der Waals surface area contributed by atoms with E-state index in [0.717, 1.165) is 106 Å². The summed E-state index contributed by atoms with van der Waals surface area (Å²) in [6, 6.07) is 23.4. The van der Waals surface area contributed by atoms with Gasteiger partial charge >= 0.3 is 0 Å². The Morgan fingerprint density at radius 2 is 0.301 bits per heavy atom.